The lowest BCUT2D eigenvalue weighted by molar-refractivity contribution is 0.626. The molecule has 0 amide bonds. The molecule has 0 aliphatic carbocycles. The van der Waals surface area contributed by atoms with Crippen molar-refractivity contribution in [3.63, 3.8) is 0 Å². The summed E-state index contributed by atoms with van der Waals surface area (Å²) >= 11 is 0. The first kappa shape index (κ1) is 16.7. The fourth-order valence-electron chi connectivity index (χ4n) is 2.38. The molecule has 3 aromatic rings. The van der Waals surface area contributed by atoms with E-state index in [1.165, 1.54) is 12.1 Å². The third-order valence-electron chi connectivity index (χ3n) is 3.76. The fourth-order valence-corrected chi connectivity index (χ4v) is 2.38. The molecule has 5 nitrogen and oxygen atoms in total. The highest BCUT2D eigenvalue weighted by Gasteiger charge is 2.01. The minimum absolute atomic E-state index is 0.232. The van der Waals surface area contributed by atoms with Gasteiger partial charge in [0.2, 0.25) is 0 Å². The molecule has 0 saturated carbocycles. The highest BCUT2D eigenvalue weighted by Crippen LogP contribution is 2.08. The molecule has 1 aromatic heterocycles. The number of benzene rings is 2. The molecule has 0 fully saturated rings. The van der Waals surface area contributed by atoms with E-state index >= 15 is 0 Å². The Kier molecular flexibility index (Phi) is 5.41. The molecular weight excluding hydrogens is 317 g/mol. The molecule has 0 bridgehead atoms. The van der Waals surface area contributed by atoms with Crippen molar-refractivity contribution in [1.29, 1.82) is 0 Å². The summed E-state index contributed by atoms with van der Waals surface area (Å²) in [7, 11) is 1.72. The topological polar surface area (TPSA) is 54.2 Å². The van der Waals surface area contributed by atoms with Crippen LogP contribution in [0, 0.1) is 5.82 Å². The minimum atomic E-state index is -0.232. The van der Waals surface area contributed by atoms with Gasteiger partial charge in [-0.3, -0.25) is 4.99 Å². The zero-order valence-electron chi connectivity index (χ0n) is 14.0. The van der Waals surface area contributed by atoms with E-state index in [1.807, 2.05) is 29.1 Å². The van der Waals surface area contributed by atoms with E-state index in [0.29, 0.717) is 19.0 Å². The third-order valence-corrected chi connectivity index (χ3v) is 3.76. The van der Waals surface area contributed by atoms with Crippen LogP contribution >= 0.6 is 0 Å². The van der Waals surface area contributed by atoms with Crippen molar-refractivity contribution < 1.29 is 4.39 Å². The Morgan fingerprint density at radius 1 is 1.00 bits per heavy atom. The van der Waals surface area contributed by atoms with E-state index in [4.69, 9.17) is 0 Å². The second-order valence-electron chi connectivity index (χ2n) is 5.52. The molecule has 128 valence electrons. The monoisotopic (exact) mass is 337 g/mol. The maximum atomic E-state index is 12.9. The van der Waals surface area contributed by atoms with Gasteiger partial charge < -0.3 is 10.6 Å². The number of nitrogens with one attached hydrogen (secondary N) is 2. The number of hydrogen-bond donors (Lipinski definition) is 2. The number of rotatable bonds is 5. The van der Waals surface area contributed by atoms with Crippen molar-refractivity contribution in [2.45, 2.75) is 13.1 Å². The van der Waals surface area contributed by atoms with Gasteiger partial charge in [-0.05, 0) is 41.5 Å². The van der Waals surface area contributed by atoms with E-state index in [-0.39, 0.29) is 5.82 Å². The predicted molar refractivity (Wildman–Crippen MR) is 97.0 cm³/mol. The van der Waals surface area contributed by atoms with Crippen molar-refractivity contribution in [3.05, 3.63) is 83.9 Å². The maximum absolute atomic E-state index is 12.9. The Labute approximate surface area is 146 Å². The molecule has 3 rings (SSSR count). The van der Waals surface area contributed by atoms with E-state index < -0.39 is 0 Å². The van der Waals surface area contributed by atoms with E-state index in [0.717, 1.165) is 16.8 Å². The highest BCUT2D eigenvalue weighted by atomic mass is 19.1. The zero-order valence-corrected chi connectivity index (χ0v) is 14.0. The van der Waals surface area contributed by atoms with E-state index in [2.05, 4.69) is 32.9 Å². The van der Waals surface area contributed by atoms with Crippen molar-refractivity contribution >= 4 is 5.96 Å². The van der Waals surface area contributed by atoms with Gasteiger partial charge in [-0.25, -0.2) is 9.07 Å². The Balaban J connectivity index is 1.51. The van der Waals surface area contributed by atoms with Crippen LogP contribution in [-0.4, -0.2) is 22.8 Å². The molecule has 0 aliphatic heterocycles. The number of aliphatic imine (C=N–C) groups is 1. The Hall–Kier alpha value is -3.15. The average Bonchev–Trinajstić information content (AvgIpc) is 3.18. The van der Waals surface area contributed by atoms with Crippen LogP contribution in [0.1, 0.15) is 11.1 Å². The Morgan fingerprint density at radius 3 is 2.12 bits per heavy atom. The normalized spacial score (nSPS) is 11.4. The van der Waals surface area contributed by atoms with Gasteiger partial charge in [0.05, 0.1) is 5.69 Å². The highest BCUT2D eigenvalue weighted by molar-refractivity contribution is 5.79. The van der Waals surface area contributed by atoms with Crippen LogP contribution in [0.25, 0.3) is 5.69 Å². The standard InChI is InChI=1S/C19H20FN5/c1-21-19(22-13-15-3-7-17(20)8-4-15)23-14-16-5-9-18(10-6-16)25-12-2-11-24-25/h2-12H,13-14H2,1H3,(H2,21,22,23). The maximum Gasteiger partial charge on any atom is 0.191 e. The quantitative estimate of drug-likeness (QED) is 0.556. The molecule has 0 radical (unpaired) electrons. The van der Waals surface area contributed by atoms with Gasteiger partial charge in [-0.1, -0.05) is 24.3 Å². The molecular formula is C19H20FN5. The van der Waals surface area contributed by atoms with Gasteiger partial charge in [-0.15, -0.1) is 0 Å². The Bertz CT molecular complexity index is 808. The summed E-state index contributed by atoms with van der Waals surface area (Å²) in [5, 5.41) is 10.7. The third kappa shape index (κ3) is 4.67. The summed E-state index contributed by atoms with van der Waals surface area (Å²) in [5.41, 5.74) is 3.15. The minimum Gasteiger partial charge on any atom is -0.352 e. The summed E-state index contributed by atoms with van der Waals surface area (Å²) in [6.45, 7) is 1.24. The first-order chi connectivity index (χ1) is 12.2. The molecule has 0 aliphatic rings. The fraction of sp³-hybridized carbons (Fsp3) is 0.158. The van der Waals surface area contributed by atoms with Crippen LogP contribution in [-0.2, 0) is 13.1 Å². The number of halogens is 1. The molecule has 25 heavy (non-hydrogen) atoms. The lowest BCUT2D eigenvalue weighted by atomic mass is 10.2. The summed E-state index contributed by atoms with van der Waals surface area (Å²) < 4.78 is 14.7. The molecule has 0 atom stereocenters. The molecule has 0 unspecified atom stereocenters. The first-order valence-corrected chi connectivity index (χ1v) is 8.02. The smallest absolute Gasteiger partial charge is 0.191 e. The number of aromatic nitrogens is 2. The van der Waals surface area contributed by atoms with Crippen molar-refractivity contribution in [3.8, 4) is 5.69 Å². The summed E-state index contributed by atoms with van der Waals surface area (Å²) in [6, 6.07) is 16.5. The molecule has 2 aromatic carbocycles. The first-order valence-electron chi connectivity index (χ1n) is 8.02. The predicted octanol–water partition coefficient (Wildman–Crippen LogP) is 2.88. The molecule has 0 saturated heterocycles. The number of hydrogen-bond acceptors (Lipinski definition) is 2. The Morgan fingerprint density at radius 2 is 1.60 bits per heavy atom. The van der Waals surface area contributed by atoms with Crippen LogP contribution in [0.3, 0.4) is 0 Å². The molecule has 6 heteroatoms. The van der Waals surface area contributed by atoms with Crippen LogP contribution in [0.2, 0.25) is 0 Å². The van der Waals surface area contributed by atoms with Crippen molar-refractivity contribution in [2.75, 3.05) is 7.05 Å². The molecule has 2 N–H and O–H groups in total. The summed E-state index contributed by atoms with van der Waals surface area (Å²) in [5.74, 6) is 0.463. The van der Waals surface area contributed by atoms with Gasteiger partial charge >= 0.3 is 0 Å². The van der Waals surface area contributed by atoms with Crippen LogP contribution in [0.15, 0.2) is 72.0 Å². The van der Waals surface area contributed by atoms with Crippen LogP contribution in [0.4, 0.5) is 4.39 Å². The van der Waals surface area contributed by atoms with Gasteiger partial charge in [0.15, 0.2) is 5.96 Å². The average molecular weight is 337 g/mol. The zero-order chi connectivity index (χ0) is 17.5. The van der Waals surface area contributed by atoms with E-state index in [9.17, 15) is 4.39 Å². The van der Waals surface area contributed by atoms with Crippen LogP contribution < -0.4 is 10.6 Å². The molecule has 1 heterocycles. The van der Waals surface area contributed by atoms with Crippen molar-refractivity contribution in [2.24, 2.45) is 4.99 Å². The van der Waals surface area contributed by atoms with Crippen molar-refractivity contribution in [1.82, 2.24) is 20.4 Å². The second kappa shape index (κ2) is 8.10. The number of guanidine groups is 1. The lowest BCUT2D eigenvalue weighted by Crippen LogP contribution is -2.36. The summed E-state index contributed by atoms with van der Waals surface area (Å²) in [4.78, 5) is 4.20. The van der Waals surface area contributed by atoms with Gasteiger partial charge in [-0.2, -0.15) is 5.10 Å². The SMILES string of the molecule is CN=C(NCc1ccc(F)cc1)NCc1ccc(-n2cccn2)cc1. The van der Waals surface area contributed by atoms with Gasteiger partial charge in [0, 0.05) is 32.5 Å². The second-order valence-corrected chi connectivity index (χ2v) is 5.52. The van der Waals surface area contributed by atoms with Gasteiger partial charge in [0.1, 0.15) is 5.82 Å². The number of nitrogens with zero attached hydrogens (tertiary/aromatic N) is 3. The van der Waals surface area contributed by atoms with E-state index in [1.54, 1.807) is 25.4 Å². The summed E-state index contributed by atoms with van der Waals surface area (Å²) in [6.07, 6.45) is 3.67. The lowest BCUT2D eigenvalue weighted by Gasteiger charge is -2.12. The van der Waals surface area contributed by atoms with Crippen LogP contribution in [0.5, 0.6) is 0 Å². The van der Waals surface area contributed by atoms with Gasteiger partial charge in [0.25, 0.3) is 0 Å². The molecule has 0 spiro atoms. The largest absolute Gasteiger partial charge is 0.352 e.